The second kappa shape index (κ2) is 8.63. The first-order valence-corrected chi connectivity index (χ1v) is 10.5. The highest BCUT2D eigenvalue weighted by Gasteiger charge is 2.41. The van der Waals surface area contributed by atoms with Crippen LogP contribution in [0.1, 0.15) is 37.2 Å². The van der Waals surface area contributed by atoms with Crippen molar-refractivity contribution in [2.45, 2.75) is 31.6 Å². The molecule has 1 amide bonds. The molecule has 0 N–H and O–H groups in total. The van der Waals surface area contributed by atoms with Crippen LogP contribution >= 0.6 is 11.6 Å². The number of nitrogens with zero attached hydrogens (tertiary/aromatic N) is 1. The van der Waals surface area contributed by atoms with E-state index in [9.17, 15) is 9.59 Å². The number of ketones is 1. The van der Waals surface area contributed by atoms with Crippen molar-refractivity contribution >= 4 is 29.0 Å². The van der Waals surface area contributed by atoms with Crippen molar-refractivity contribution in [1.29, 1.82) is 0 Å². The van der Waals surface area contributed by atoms with Gasteiger partial charge >= 0.3 is 0 Å². The minimum Gasteiger partial charge on any atom is -0.493 e. The number of halogens is 1. The number of ether oxygens (including phenoxy) is 3. The summed E-state index contributed by atoms with van der Waals surface area (Å²) in [5, 5.41) is 0.540. The summed E-state index contributed by atoms with van der Waals surface area (Å²) < 4.78 is 16.6. The second-order valence-electron chi connectivity index (χ2n) is 7.53. The molecule has 6 nitrogen and oxygen atoms in total. The number of allylic oxidation sites excluding steroid dienone is 2. The first-order chi connectivity index (χ1) is 15.0. The van der Waals surface area contributed by atoms with E-state index in [0.717, 1.165) is 11.3 Å². The van der Waals surface area contributed by atoms with Gasteiger partial charge < -0.3 is 14.2 Å². The van der Waals surface area contributed by atoms with Gasteiger partial charge in [-0.05, 0) is 37.1 Å². The standard InChI is InChI=1S/C24H24ClNO5/c1-29-20-11-10-16(23(30-2)24(20)31-3)17-13-21(28)26(15-7-4-6-14(25)12-15)18-8-5-9-19(27)22(17)18/h4,6-7,10-12,17H,5,8-9,13H2,1-3H3/t17-/m0/s1. The number of carbonyl (C=O) groups excluding carboxylic acids is 2. The highest BCUT2D eigenvalue weighted by atomic mass is 35.5. The second-order valence-corrected chi connectivity index (χ2v) is 7.96. The van der Waals surface area contributed by atoms with Crippen molar-refractivity contribution in [1.82, 2.24) is 0 Å². The number of hydrogen-bond acceptors (Lipinski definition) is 5. The Morgan fingerprint density at radius 2 is 1.74 bits per heavy atom. The summed E-state index contributed by atoms with van der Waals surface area (Å²) in [4.78, 5) is 28.1. The van der Waals surface area contributed by atoms with Gasteiger partial charge in [0.25, 0.3) is 0 Å². The molecule has 7 heteroatoms. The van der Waals surface area contributed by atoms with Crippen molar-refractivity contribution in [2.75, 3.05) is 26.2 Å². The number of rotatable bonds is 5. The fraction of sp³-hybridized carbons (Fsp3) is 0.333. The third kappa shape index (κ3) is 3.65. The van der Waals surface area contributed by atoms with Gasteiger partial charge in [0.15, 0.2) is 17.3 Å². The molecule has 1 aliphatic carbocycles. The molecule has 162 valence electrons. The third-order valence-electron chi connectivity index (χ3n) is 5.85. The van der Waals surface area contributed by atoms with E-state index in [4.69, 9.17) is 25.8 Å². The largest absolute Gasteiger partial charge is 0.493 e. The SMILES string of the molecule is COc1ccc([C@@H]2CC(=O)N(c3cccc(Cl)c3)C3=C2C(=O)CCC3)c(OC)c1OC. The molecule has 1 aliphatic heterocycles. The average molecular weight is 442 g/mol. The maximum Gasteiger partial charge on any atom is 0.232 e. The van der Waals surface area contributed by atoms with Crippen molar-refractivity contribution in [3.8, 4) is 17.2 Å². The molecule has 0 radical (unpaired) electrons. The predicted molar refractivity (Wildman–Crippen MR) is 118 cm³/mol. The van der Waals surface area contributed by atoms with Crippen LogP contribution < -0.4 is 19.1 Å². The zero-order valence-electron chi connectivity index (χ0n) is 17.7. The van der Waals surface area contributed by atoms with Gasteiger partial charge in [0.2, 0.25) is 11.7 Å². The van der Waals surface area contributed by atoms with Crippen LogP contribution in [0, 0.1) is 0 Å². The summed E-state index contributed by atoms with van der Waals surface area (Å²) in [7, 11) is 4.63. The molecule has 4 rings (SSSR count). The van der Waals surface area contributed by atoms with E-state index in [1.807, 2.05) is 12.1 Å². The fourth-order valence-corrected chi connectivity index (χ4v) is 4.76. The van der Waals surface area contributed by atoms with Gasteiger partial charge in [-0.25, -0.2) is 0 Å². The Hall–Kier alpha value is -2.99. The summed E-state index contributed by atoms with van der Waals surface area (Å²) in [5.41, 5.74) is 2.83. The minimum atomic E-state index is -0.416. The average Bonchev–Trinajstić information content (AvgIpc) is 2.77. The van der Waals surface area contributed by atoms with Crippen LogP contribution in [-0.2, 0) is 9.59 Å². The molecular formula is C24H24ClNO5. The van der Waals surface area contributed by atoms with Crippen molar-refractivity contribution in [3.05, 3.63) is 58.3 Å². The lowest BCUT2D eigenvalue weighted by molar-refractivity contribution is -0.119. The molecule has 0 fully saturated rings. The van der Waals surface area contributed by atoms with Gasteiger partial charge in [-0.2, -0.15) is 0 Å². The van der Waals surface area contributed by atoms with E-state index in [1.54, 1.807) is 43.4 Å². The van der Waals surface area contributed by atoms with Gasteiger partial charge in [-0.3, -0.25) is 14.5 Å². The Balaban J connectivity index is 1.91. The summed E-state index contributed by atoms with van der Waals surface area (Å²) in [6, 6.07) is 10.8. The maximum absolute atomic E-state index is 13.4. The smallest absolute Gasteiger partial charge is 0.232 e. The Bertz CT molecular complexity index is 1080. The summed E-state index contributed by atoms with van der Waals surface area (Å²) in [6.07, 6.45) is 1.95. The van der Waals surface area contributed by atoms with Gasteiger partial charge in [-0.15, -0.1) is 0 Å². The Morgan fingerprint density at radius 1 is 0.968 bits per heavy atom. The molecule has 0 unspecified atom stereocenters. The Morgan fingerprint density at radius 3 is 2.42 bits per heavy atom. The highest BCUT2D eigenvalue weighted by Crippen LogP contribution is 2.49. The van der Waals surface area contributed by atoms with Crippen molar-refractivity contribution in [2.24, 2.45) is 0 Å². The molecule has 0 saturated carbocycles. The van der Waals surface area contributed by atoms with Crippen LogP contribution in [0.5, 0.6) is 17.2 Å². The number of hydrogen-bond donors (Lipinski definition) is 0. The topological polar surface area (TPSA) is 65.1 Å². The molecule has 2 aromatic carbocycles. The van der Waals surface area contributed by atoms with Crippen LogP contribution in [0.2, 0.25) is 5.02 Å². The highest BCUT2D eigenvalue weighted by molar-refractivity contribution is 6.31. The number of carbonyl (C=O) groups is 2. The van der Waals surface area contributed by atoms with E-state index < -0.39 is 5.92 Å². The van der Waals surface area contributed by atoms with Gasteiger partial charge in [0.05, 0.1) is 27.0 Å². The molecule has 0 aromatic heterocycles. The van der Waals surface area contributed by atoms with Crippen LogP contribution in [-0.4, -0.2) is 33.0 Å². The van der Waals surface area contributed by atoms with E-state index in [2.05, 4.69) is 0 Å². The van der Waals surface area contributed by atoms with E-state index in [1.165, 1.54) is 7.11 Å². The Labute approximate surface area is 186 Å². The van der Waals surface area contributed by atoms with E-state index in [0.29, 0.717) is 52.8 Å². The van der Waals surface area contributed by atoms with Crippen LogP contribution in [0.15, 0.2) is 47.7 Å². The lowest BCUT2D eigenvalue weighted by atomic mass is 9.76. The molecule has 2 aromatic rings. The monoisotopic (exact) mass is 441 g/mol. The number of amides is 1. The quantitative estimate of drug-likeness (QED) is 0.660. The predicted octanol–water partition coefficient (Wildman–Crippen LogP) is 4.89. The van der Waals surface area contributed by atoms with E-state index in [-0.39, 0.29) is 18.1 Å². The summed E-state index contributed by atoms with van der Waals surface area (Å²) >= 11 is 6.18. The Kier molecular flexibility index (Phi) is 5.92. The van der Waals surface area contributed by atoms with Gasteiger partial charge in [-0.1, -0.05) is 23.7 Å². The summed E-state index contributed by atoms with van der Waals surface area (Å²) in [6.45, 7) is 0. The minimum absolute atomic E-state index is 0.0580. The lowest BCUT2D eigenvalue weighted by Crippen LogP contribution is -2.40. The van der Waals surface area contributed by atoms with E-state index >= 15 is 0 Å². The molecule has 0 saturated heterocycles. The maximum atomic E-state index is 13.4. The molecule has 2 aliphatic rings. The first kappa shape index (κ1) is 21.2. The number of methoxy groups -OCH3 is 3. The first-order valence-electron chi connectivity index (χ1n) is 10.1. The summed E-state index contributed by atoms with van der Waals surface area (Å²) in [5.74, 6) is 0.995. The zero-order chi connectivity index (χ0) is 22.1. The van der Waals surface area contributed by atoms with Crippen molar-refractivity contribution < 1.29 is 23.8 Å². The van der Waals surface area contributed by atoms with Crippen molar-refractivity contribution in [3.63, 3.8) is 0 Å². The normalized spacial score (nSPS) is 18.7. The lowest BCUT2D eigenvalue weighted by Gasteiger charge is -2.38. The molecule has 0 bridgehead atoms. The number of benzene rings is 2. The van der Waals surface area contributed by atoms with Crippen LogP contribution in [0.25, 0.3) is 0 Å². The third-order valence-corrected chi connectivity index (χ3v) is 6.09. The molecule has 1 atom stereocenters. The van der Waals surface area contributed by atoms with Gasteiger partial charge in [0, 0.05) is 40.6 Å². The van der Waals surface area contributed by atoms with Gasteiger partial charge in [0.1, 0.15) is 0 Å². The molecular weight excluding hydrogens is 418 g/mol. The molecule has 31 heavy (non-hydrogen) atoms. The zero-order valence-corrected chi connectivity index (χ0v) is 18.5. The molecule has 1 heterocycles. The van der Waals surface area contributed by atoms with Crippen LogP contribution in [0.3, 0.4) is 0 Å². The number of Topliss-reactive ketones (excluding diaryl/α,β-unsaturated/α-hetero) is 1. The van der Waals surface area contributed by atoms with Crippen LogP contribution in [0.4, 0.5) is 5.69 Å². The number of anilines is 1. The fourth-order valence-electron chi connectivity index (χ4n) is 4.57. The molecule has 0 spiro atoms.